The van der Waals surface area contributed by atoms with E-state index in [0.29, 0.717) is 25.9 Å². The first kappa shape index (κ1) is 80.8. The van der Waals surface area contributed by atoms with Crippen molar-refractivity contribution in [3.05, 3.63) is 48.6 Å². The van der Waals surface area contributed by atoms with E-state index >= 15 is 0 Å². The highest BCUT2D eigenvalue weighted by Gasteiger charge is 2.20. The van der Waals surface area contributed by atoms with Crippen LogP contribution in [-0.4, -0.2) is 47.4 Å². The van der Waals surface area contributed by atoms with E-state index in [1.54, 1.807) is 0 Å². The second-order valence-electron chi connectivity index (χ2n) is 25.6. The summed E-state index contributed by atoms with van der Waals surface area (Å²) in [5, 5.41) is 23.3. The highest BCUT2D eigenvalue weighted by molar-refractivity contribution is 5.76. The largest absolute Gasteiger partial charge is 0.466 e. The number of carbonyl (C=O) groups is 2. The van der Waals surface area contributed by atoms with Crippen LogP contribution in [0.15, 0.2) is 48.6 Å². The van der Waals surface area contributed by atoms with E-state index in [0.717, 1.165) is 57.8 Å². The van der Waals surface area contributed by atoms with Gasteiger partial charge in [-0.15, -0.1) is 0 Å². The molecular weight excluding hydrogens is 1020 g/mol. The summed E-state index contributed by atoms with van der Waals surface area (Å²) in [6, 6.07) is -0.539. The van der Waals surface area contributed by atoms with Gasteiger partial charge in [0.25, 0.3) is 0 Å². The number of nitrogens with one attached hydrogen (secondary N) is 1. The van der Waals surface area contributed by atoms with E-state index in [1.165, 1.54) is 315 Å². The Balaban J connectivity index is 3.36. The molecule has 0 fully saturated rings. The fraction of sp³-hybridized carbons (Fsp3) is 0.870. The lowest BCUT2D eigenvalue weighted by Crippen LogP contribution is -2.45. The van der Waals surface area contributed by atoms with Crippen LogP contribution in [0.2, 0.25) is 0 Å². The Labute approximate surface area is 518 Å². The van der Waals surface area contributed by atoms with Gasteiger partial charge >= 0.3 is 5.97 Å². The number of allylic oxidation sites excluding steroid dienone is 8. The molecule has 0 aliphatic heterocycles. The molecule has 83 heavy (non-hydrogen) atoms. The van der Waals surface area contributed by atoms with Crippen LogP contribution in [0.25, 0.3) is 0 Å². The van der Waals surface area contributed by atoms with Gasteiger partial charge in [-0.2, -0.15) is 0 Å². The zero-order valence-electron chi connectivity index (χ0n) is 55.9. The van der Waals surface area contributed by atoms with Gasteiger partial charge in [0.05, 0.1) is 25.4 Å². The van der Waals surface area contributed by atoms with E-state index in [-0.39, 0.29) is 18.5 Å². The van der Waals surface area contributed by atoms with Crippen LogP contribution in [0, 0.1) is 0 Å². The summed E-state index contributed by atoms with van der Waals surface area (Å²) in [7, 11) is 0. The molecule has 0 aliphatic rings. The van der Waals surface area contributed by atoms with Crippen LogP contribution >= 0.6 is 0 Å². The quantitative estimate of drug-likeness (QED) is 0.0320. The first-order valence-electron chi connectivity index (χ1n) is 37.4. The number of hydrogen-bond donors (Lipinski definition) is 3. The van der Waals surface area contributed by atoms with Gasteiger partial charge in [0.15, 0.2) is 0 Å². The van der Waals surface area contributed by atoms with Gasteiger partial charge < -0.3 is 20.3 Å². The highest BCUT2D eigenvalue weighted by Crippen LogP contribution is 2.19. The molecular formula is C77H145NO5. The minimum Gasteiger partial charge on any atom is -0.466 e. The van der Waals surface area contributed by atoms with Crippen molar-refractivity contribution in [2.75, 3.05) is 13.2 Å². The SMILES string of the molecule is CCCC/C=C\C/C=C\CCCCCCCC(=O)OCCCCCCCCCCCCCCC/C=C\C/C=C\CCCCCCCCCCCCCCCCCCCC(=O)NC(CO)C(O)CCCCCCCCCCCCCCCCC. The van der Waals surface area contributed by atoms with Crippen molar-refractivity contribution in [3.8, 4) is 0 Å². The van der Waals surface area contributed by atoms with Crippen molar-refractivity contribution < 1.29 is 24.5 Å². The van der Waals surface area contributed by atoms with Crippen LogP contribution in [0.3, 0.4) is 0 Å². The zero-order valence-corrected chi connectivity index (χ0v) is 55.9. The predicted octanol–water partition coefficient (Wildman–Crippen LogP) is 24.4. The van der Waals surface area contributed by atoms with E-state index < -0.39 is 12.1 Å². The van der Waals surface area contributed by atoms with Gasteiger partial charge in [-0.1, -0.05) is 358 Å². The molecule has 0 aromatic heterocycles. The molecule has 0 spiro atoms. The Kier molecular flexibility index (Phi) is 70.4. The Morgan fingerprint density at radius 3 is 0.952 bits per heavy atom. The maximum absolute atomic E-state index is 12.5. The molecule has 0 saturated carbocycles. The van der Waals surface area contributed by atoms with Crippen LogP contribution in [0.5, 0.6) is 0 Å². The van der Waals surface area contributed by atoms with Gasteiger partial charge in [-0.25, -0.2) is 0 Å². The van der Waals surface area contributed by atoms with Crippen molar-refractivity contribution >= 4 is 11.9 Å². The van der Waals surface area contributed by atoms with Gasteiger partial charge in [-0.3, -0.25) is 9.59 Å². The summed E-state index contributed by atoms with van der Waals surface area (Å²) in [5.74, 6) is -0.0254. The molecule has 488 valence electrons. The van der Waals surface area contributed by atoms with E-state index in [1.807, 2.05) is 0 Å². The fourth-order valence-electron chi connectivity index (χ4n) is 11.6. The lowest BCUT2D eigenvalue weighted by Gasteiger charge is -2.22. The Bertz CT molecular complexity index is 1390. The smallest absolute Gasteiger partial charge is 0.305 e. The molecule has 2 atom stereocenters. The van der Waals surface area contributed by atoms with Gasteiger partial charge in [0.2, 0.25) is 5.91 Å². The van der Waals surface area contributed by atoms with Gasteiger partial charge in [0.1, 0.15) is 0 Å². The number of esters is 1. The third kappa shape index (κ3) is 68.8. The van der Waals surface area contributed by atoms with Gasteiger partial charge in [0, 0.05) is 12.8 Å². The predicted molar refractivity (Wildman–Crippen MR) is 366 cm³/mol. The second kappa shape index (κ2) is 72.3. The highest BCUT2D eigenvalue weighted by atomic mass is 16.5. The average Bonchev–Trinajstić information content (AvgIpc) is 3.49. The summed E-state index contributed by atoms with van der Waals surface area (Å²) in [4.78, 5) is 24.6. The standard InChI is InChI=1S/C77H145NO5/c1-3-5-7-9-11-13-15-17-42-45-49-53-57-61-65-69-75(80)74(73-79)78-76(81)70-66-62-58-54-50-46-43-40-38-36-34-32-30-28-26-24-22-20-19-21-23-25-27-29-31-33-35-37-39-41-44-48-52-56-60-64-68-72-83-77(82)71-67-63-59-55-51-47-18-16-14-12-10-8-6-4-2/h10,12,16,18-19,21,25,27,74-75,79-80H,3-9,11,13-15,17,20,22-24,26,28-73H2,1-2H3,(H,78,81)/b12-10-,18-16-,21-19-,27-25-. The maximum Gasteiger partial charge on any atom is 0.305 e. The summed E-state index contributed by atoms with van der Waals surface area (Å²) in [6.45, 7) is 4.94. The first-order chi connectivity index (χ1) is 41.0. The van der Waals surface area contributed by atoms with Crippen LogP contribution in [0.1, 0.15) is 406 Å². The first-order valence-corrected chi connectivity index (χ1v) is 37.4. The molecule has 6 heteroatoms. The fourth-order valence-corrected chi connectivity index (χ4v) is 11.6. The summed E-state index contributed by atoms with van der Waals surface area (Å²) in [5.41, 5.74) is 0. The molecule has 3 N–H and O–H groups in total. The lowest BCUT2D eigenvalue weighted by atomic mass is 10.0. The molecule has 0 radical (unpaired) electrons. The minimum atomic E-state index is -0.662. The molecule has 0 aromatic rings. The number of aliphatic hydroxyl groups is 2. The van der Waals surface area contributed by atoms with E-state index in [4.69, 9.17) is 4.74 Å². The number of rotatable bonds is 70. The van der Waals surface area contributed by atoms with Crippen molar-refractivity contribution in [1.82, 2.24) is 5.32 Å². The monoisotopic (exact) mass is 1160 g/mol. The maximum atomic E-state index is 12.5. The Morgan fingerprint density at radius 2 is 0.614 bits per heavy atom. The van der Waals surface area contributed by atoms with E-state index in [9.17, 15) is 19.8 Å². The number of unbranched alkanes of at least 4 members (excludes halogenated alkanes) is 51. The van der Waals surface area contributed by atoms with Crippen LogP contribution in [-0.2, 0) is 14.3 Å². The van der Waals surface area contributed by atoms with E-state index in [2.05, 4.69) is 67.8 Å². The lowest BCUT2D eigenvalue weighted by molar-refractivity contribution is -0.143. The topological polar surface area (TPSA) is 95.9 Å². The molecule has 0 aliphatic carbocycles. The number of amides is 1. The normalized spacial score (nSPS) is 12.8. The summed E-state index contributed by atoms with van der Waals surface area (Å²) in [6.07, 6.45) is 94.7. The van der Waals surface area contributed by atoms with Crippen LogP contribution in [0.4, 0.5) is 0 Å². The Morgan fingerprint density at radius 1 is 0.337 bits per heavy atom. The molecule has 0 rings (SSSR count). The van der Waals surface area contributed by atoms with Crippen molar-refractivity contribution in [2.45, 2.75) is 418 Å². The number of aliphatic hydroxyl groups excluding tert-OH is 2. The third-order valence-electron chi connectivity index (χ3n) is 17.4. The zero-order chi connectivity index (χ0) is 59.9. The molecule has 6 nitrogen and oxygen atoms in total. The van der Waals surface area contributed by atoms with Crippen molar-refractivity contribution in [3.63, 3.8) is 0 Å². The Hall–Kier alpha value is -2.18. The summed E-state index contributed by atoms with van der Waals surface area (Å²) < 4.78 is 5.48. The molecule has 0 bridgehead atoms. The van der Waals surface area contributed by atoms with Crippen molar-refractivity contribution in [1.29, 1.82) is 0 Å². The number of hydrogen-bond acceptors (Lipinski definition) is 5. The average molecular weight is 1170 g/mol. The molecule has 1 amide bonds. The molecule has 0 aromatic carbocycles. The molecule has 0 heterocycles. The molecule has 2 unspecified atom stereocenters. The number of ether oxygens (including phenoxy) is 1. The second-order valence-corrected chi connectivity index (χ2v) is 25.6. The summed E-state index contributed by atoms with van der Waals surface area (Å²) >= 11 is 0. The molecule has 0 saturated heterocycles. The van der Waals surface area contributed by atoms with Crippen LogP contribution < -0.4 is 5.32 Å². The van der Waals surface area contributed by atoms with Gasteiger partial charge in [-0.05, 0) is 83.5 Å². The number of carbonyl (C=O) groups excluding carboxylic acids is 2. The van der Waals surface area contributed by atoms with Crippen molar-refractivity contribution in [2.24, 2.45) is 0 Å². The minimum absolute atomic E-state index is 0.00420. The third-order valence-corrected chi connectivity index (χ3v) is 17.4.